The van der Waals surface area contributed by atoms with Crippen molar-refractivity contribution in [2.75, 3.05) is 18.5 Å². The summed E-state index contributed by atoms with van der Waals surface area (Å²) >= 11 is 1.22. The SMILES string of the molecule is CCOC(=O)c1c(NC(=O)COC(=O)CCc2c(C)[nH]c(=O)[nH]c2=O)sc(C)c1-c1ccccc1. The third-order valence-electron chi connectivity index (χ3n) is 5.08. The second kappa shape index (κ2) is 11.4. The van der Waals surface area contributed by atoms with Crippen LogP contribution in [0, 0.1) is 13.8 Å². The number of rotatable bonds is 9. The maximum Gasteiger partial charge on any atom is 0.341 e. The zero-order valence-corrected chi connectivity index (χ0v) is 20.3. The van der Waals surface area contributed by atoms with Crippen LogP contribution in [0.2, 0.25) is 0 Å². The highest BCUT2D eigenvalue weighted by molar-refractivity contribution is 7.17. The van der Waals surface area contributed by atoms with Crippen LogP contribution in [0.5, 0.6) is 0 Å². The largest absolute Gasteiger partial charge is 0.462 e. The van der Waals surface area contributed by atoms with Gasteiger partial charge in [-0.05, 0) is 32.8 Å². The Labute approximate surface area is 204 Å². The van der Waals surface area contributed by atoms with Crippen LogP contribution in [0.15, 0.2) is 39.9 Å². The number of esters is 2. The Morgan fingerprint density at radius 3 is 2.40 bits per heavy atom. The van der Waals surface area contributed by atoms with E-state index >= 15 is 0 Å². The summed E-state index contributed by atoms with van der Waals surface area (Å²) in [7, 11) is 0. The van der Waals surface area contributed by atoms with Gasteiger partial charge < -0.3 is 19.8 Å². The zero-order chi connectivity index (χ0) is 25.5. The first-order valence-electron chi connectivity index (χ1n) is 10.8. The van der Waals surface area contributed by atoms with Crippen LogP contribution >= 0.6 is 11.3 Å². The molecule has 3 rings (SSSR count). The van der Waals surface area contributed by atoms with E-state index in [1.807, 2.05) is 37.3 Å². The summed E-state index contributed by atoms with van der Waals surface area (Å²) in [6.45, 7) is 4.69. The third-order valence-corrected chi connectivity index (χ3v) is 6.10. The molecule has 0 saturated carbocycles. The van der Waals surface area contributed by atoms with Crippen molar-refractivity contribution in [3.05, 3.63) is 72.9 Å². The van der Waals surface area contributed by atoms with Crippen LogP contribution in [-0.2, 0) is 25.5 Å². The topological polar surface area (TPSA) is 147 Å². The molecule has 2 aromatic heterocycles. The number of aryl methyl sites for hydroxylation is 2. The average Bonchev–Trinajstić information content (AvgIpc) is 3.13. The van der Waals surface area contributed by atoms with E-state index in [-0.39, 0.29) is 30.6 Å². The third kappa shape index (κ3) is 6.33. The van der Waals surface area contributed by atoms with Crippen molar-refractivity contribution < 1.29 is 23.9 Å². The van der Waals surface area contributed by atoms with Gasteiger partial charge >= 0.3 is 17.6 Å². The minimum Gasteiger partial charge on any atom is -0.462 e. The molecule has 0 fully saturated rings. The second-order valence-electron chi connectivity index (χ2n) is 7.54. The van der Waals surface area contributed by atoms with Crippen LogP contribution < -0.4 is 16.6 Å². The van der Waals surface area contributed by atoms with Crippen molar-refractivity contribution in [3.8, 4) is 11.1 Å². The number of H-pyrrole nitrogens is 2. The fraction of sp³-hybridized carbons (Fsp3) is 0.292. The summed E-state index contributed by atoms with van der Waals surface area (Å²) in [6, 6.07) is 9.28. The molecule has 3 aromatic rings. The van der Waals surface area contributed by atoms with Crippen molar-refractivity contribution >= 4 is 34.2 Å². The van der Waals surface area contributed by atoms with Crippen LogP contribution in [0.1, 0.15) is 39.8 Å². The maximum absolute atomic E-state index is 12.7. The van der Waals surface area contributed by atoms with Gasteiger partial charge in [0.2, 0.25) is 0 Å². The molecule has 0 aliphatic carbocycles. The molecule has 1 aromatic carbocycles. The highest BCUT2D eigenvalue weighted by Gasteiger charge is 2.25. The summed E-state index contributed by atoms with van der Waals surface area (Å²) in [5, 5.41) is 2.94. The molecular formula is C24H25N3O7S. The number of carbonyl (C=O) groups is 3. The van der Waals surface area contributed by atoms with Crippen molar-refractivity contribution in [2.45, 2.75) is 33.6 Å². The molecule has 0 spiro atoms. The number of carbonyl (C=O) groups excluding carboxylic acids is 3. The first-order chi connectivity index (χ1) is 16.7. The fourth-order valence-corrected chi connectivity index (χ4v) is 4.60. The number of hydrogen-bond donors (Lipinski definition) is 3. The summed E-state index contributed by atoms with van der Waals surface area (Å²) < 4.78 is 10.2. The Kier molecular flexibility index (Phi) is 8.37. The molecule has 2 heterocycles. The number of ether oxygens (including phenoxy) is 2. The summed E-state index contributed by atoms with van der Waals surface area (Å²) in [5.41, 5.74) is 1.13. The number of hydrogen-bond acceptors (Lipinski definition) is 8. The predicted molar refractivity (Wildman–Crippen MR) is 131 cm³/mol. The molecule has 0 aliphatic heterocycles. The van der Waals surface area contributed by atoms with Gasteiger partial charge in [-0.1, -0.05) is 30.3 Å². The Bertz CT molecular complexity index is 1360. The number of aromatic amines is 2. The van der Waals surface area contributed by atoms with Gasteiger partial charge in [-0.2, -0.15) is 0 Å². The van der Waals surface area contributed by atoms with Crippen molar-refractivity contribution in [2.24, 2.45) is 0 Å². The Morgan fingerprint density at radius 2 is 1.74 bits per heavy atom. The monoisotopic (exact) mass is 499 g/mol. The van der Waals surface area contributed by atoms with Gasteiger partial charge in [0, 0.05) is 28.1 Å². The average molecular weight is 500 g/mol. The van der Waals surface area contributed by atoms with Gasteiger partial charge in [0.15, 0.2) is 6.61 Å². The summed E-state index contributed by atoms with van der Waals surface area (Å²) in [6.07, 6.45) is -0.121. The van der Waals surface area contributed by atoms with Gasteiger partial charge in [-0.25, -0.2) is 9.59 Å². The second-order valence-corrected chi connectivity index (χ2v) is 8.77. The van der Waals surface area contributed by atoms with Gasteiger partial charge in [-0.3, -0.25) is 19.4 Å². The lowest BCUT2D eigenvalue weighted by molar-refractivity contribution is -0.147. The van der Waals surface area contributed by atoms with Crippen LogP contribution in [0.25, 0.3) is 11.1 Å². The molecule has 0 bridgehead atoms. The van der Waals surface area contributed by atoms with Crippen LogP contribution in [0.4, 0.5) is 5.00 Å². The van der Waals surface area contributed by atoms with E-state index in [2.05, 4.69) is 15.3 Å². The van der Waals surface area contributed by atoms with E-state index in [1.54, 1.807) is 13.8 Å². The molecule has 10 nitrogen and oxygen atoms in total. The van der Waals surface area contributed by atoms with Crippen LogP contribution in [0.3, 0.4) is 0 Å². The smallest absolute Gasteiger partial charge is 0.341 e. The Morgan fingerprint density at radius 1 is 1.03 bits per heavy atom. The first-order valence-corrected chi connectivity index (χ1v) is 11.7. The highest BCUT2D eigenvalue weighted by atomic mass is 32.1. The van der Waals surface area contributed by atoms with Crippen LogP contribution in [-0.4, -0.2) is 41.0 Å². The molecule has 0 atom stereocenters. The van der Waals surface area contributed by atoms with E-state index < -0.39 is 35.7 Å². The minimum absolute atomic E-state index is 0.0377. The number of amides is 1. The summed E-state index contributed by atoms with van der Waals surface area (Å²) in [5.74, 6) is -1.88. The molecule has 0 radical (unpaired) electrons. The lowest BCUT2D eigenvalue weighted by Crippen LogP contribution is -2.27. The predicted octanol–water partition coefficient (Wildman–Crippen LogP) is 2.70. The van der Waals surface area contributed by atoms with E-state index in [1.165, 1.54) is 11.3 Å². The van der Waals surface area contributed by atoms with E-state index in [0.29, 0.717) is 16.3 Å². The Balaban J connectivity index is 1.68. The highest BCUT2D eigenvalue weighted by Crippen LogP contribution is 2.40. The first kappa shape index (κ1) is 25.6. The Hall–Kier alpha value is -3.99. The molecule has 0 saturated heterocycles. The fourth-order valence-electron chi connectivity index (χ4n) is 3.52. The normalized spacial score (nSPS) is 10.6. The lowest BCUT2D eigenvalue weighted by Gasteiger charge is -2.09. The van der Waals surface area contributed by atoms with E-state index in [9.17, 15) is 24.0 Å². The molecule has 1 amide bonds. The number of anilines is 1. The number of nitrogens with one attached hydrogen (secondary N) is 3. The van der Waals surface area contributed by atoms with Crippen molar-refractivity contribution in [3.63, 3.8) is 0 Å². The molecule has 3 N–H and O–H groups in total. The summed E-state index contributed by atoms with van der Waals surface area (Å²) in [4.78, 5) is 65.8. The van der Waals surface area contributed by atoms with Crippen molar-refractivity contribution in [1.82, 2.24) is 9.97 Å². The van der Waals surface area contributed by atoms with Gasteiger partial charge in [0.25, 0.3) is 11.5 Å². The zero-order valence-electron chi connectivity index (χ0n) is 19.5. The molecule has 184 valence electrons. The minimum atomic E-state index is -0.692. The van der Waals surface area contributed by atoms with E-state index in [4.69, 9.17) is 9.47 Å². The molecule has 0 unspecified atom stereocenters. The standard InChI is InChI=1S/C24H25N3O7S/c1-4-33-23(31)20-19(15-8-6-5-7-9-15)14(3)35-22(20)26-17(28)12-34-18(29)11-10-16-13(2)25-24(32)27-21(16)30/h5-9H,4,10-12H2,1-3H3,(H,26,28)(H2,25,27,30,32). The van der Waals surface area contributed by atoms with Crippen molar-refractivity contribution in [1.29, 1.82) is 0 Å². The quantitative estimate of drug-likeness (QED) is 0.384. The molecule has 0 aliphatic rings. The van der Waals surface area contributed by atoms with E-state index in [0.717, 1.165) is 10.4 Å². The van der Waals surface area contributed by atoms with Gasteiger partial charge in [-0.15, -0.1) is 11.3 Å². The molecular weight excluding hydrogens is 474 g/mol. The lowest BCUT2D eigenvalue weighted by atomic mass is 10.0. The van der Waals surface area contributed by atoms with Gasteiger partial charge in [0.05, 0.1) is 6.61 Å². The number of thiophene rings is 1. The molecule has 35 heavy (non-hydrogen) atoms. The molecule has 11 heteroatoms. The van der Waals surface area contributed by atoms with Gasteiger partial charge in [0.1, 0.15) is 10.6 Å². The number of aromatic nitrogens is 2. The number of benzene rings is 1. The maximum atomic E-state index is 12.7.